The second-order valence-corrected chi connectivity index (χ2v) is 5.48. The third-order valence-corrected chi connectivity index (χ3v) is 5.00. The van der Waals surface area contributed by atoms with Crippen LogP contribution in [-0.4, -0.2) is 5.54 Å². The molecule has 3 rings (SSSR count). The highest BCUT2D eigenvalue weighted by Gasteiger charge is 2.65. The van der Waals surface area contributed by atoms with E-state index in [0.717, 1.165) is 17.8 Å². The van der Waals surface area contributed by atoms with Crippen molar-refractivity contribution >= 4 is 0 Å². The standard InChI is InChI=1S/C12H21N/c13-12(9-5-1-2-6-9)10-7-3-4-8-11(10)12/h9-11H,1-8,13H2. The Morgan fingerprint density at radius 2 is 1.23 bits per heavy atom. The van der Waals surface area contributed by atoms with Crippen LogP contribution in [0.5, 0.6) is 0 Å². The lowest BCUT2D eigenvalue weighted by atomic mass is 9.92. The van der Waals surface area contributed by atoms with Crippen LogP contribution in [0, 0.1) is 17.8 Å². The number of hydrogen-bond acceptors (Lipinski definition) is 1. The highest BCUT2D eigenvalue weighted by atomic mass is 14.9. The molecule has 0 saturated heterocycles. The summed E-state index contributed by atoms with van der Waals surface area (Å²) >= 11 is 0. The van der Waals surface area contributed by atoms with E-state index >= 15 is 0 Å². The Kier molecular flexibility index (Phi) is 1.74. The molecule has 3 aliphatic carbocycles. The molecule has 13 heavy (non-hydrogen) atoms. The maximum absolute atomic E-state index is 6.60. The van der Waals surface area contributed by atoms with Crippen molar-refractivity contribution in [2.75, 3.05) is 0 Å². The zero-order valence-corrected chi connectivity index (χ0v) is 8.47. The molecule has 0 heterocycles. The quantitative estimate of drug-likeness (QED) is 0.658. The van der Waals surface area contributed by atoms with Crippen molar-refractivity contribution in [3.63, 3.8) is 0 Å². The third-order valence-electron chi connectivity index (χ3n) is 5.00. The molecular formula is C12H21N. The summed E-state index contributed by atoms with van der Waals surface area (Å²) in [4.78, 5) is 0. The van der Waals surface area contributed by atoms with Crippen LogP contribution in [0.15, 0.2) is 0 Å². The SMILES string of the molecule is NC1(C2CCCC2)C2CCCCC21. The van der Waals surface area contributed by atoms with E-state index in [1.807, 2.05) is 0 Å². The van der Waals surface area contributed by atoms with Gasteiger partial charge >= 0.3 is 0 Å². The average molecular weight is 179 g/mol. The molecule has 0 aromatic carbocycles. The Bertz CT molecular complexity index is 193. The molecule has 0 aromatic rings. The minimum atomic E-state index is 0.326. The van der Waals surface area contributed by atoms with Gasteiger partial charge in [0.1, 0.15) is 0 Å². The van der Waals surface area contributed by atoms with Crippen molar-refractivity contribution < 1.29 is 0 Å². The van der Waals surface area contributed by atoms with Gasteiger partial charge in [-0.2, -0.15) is 0 Å². The highest BCUT2D eigenvalue weighted by Crippen LogP contribution is 2.63. The fourth-order valence-corrected chi connectivity index (χ4v) is 4.25. The summed E-state index contributed by atoms with van der Waals surface area (Å²) in [5.41, 5.74) is 6.93. The maximum Gasteiger partial charge on any atom is 0.0246 e. The fourth-order valence-electron chi connectivity index (χ4n) is 4.25. The van der Waals surface area contributed by atoms with E-state index < -0.39 is 0 Å². The summed E-state index contributed by atoms with van der Waals surface area (Å²) in [6.07, 6.45) is 11.5. The van der Waals surface area contributed by atoms with Gasteiger partial charge in [0, 0.05) is 5.54 Å². The molecule has 2 atom stereocenters. The van der Waals surface area contributed by atoms with Crippen molar-refractivity contribution in [3.05, 3.63) is 0 Å². The van der Waals surface area contributed by atoms with Crippen LogP contribution < -0.4 is 5.73 Å². The van der Waals surface area contributed by atoms with Crippen LogP contribution in [0.4, 0.5) is 0 Å². The molecule has 2 unspecified atom stereocenters. The van der Waals surface area contributed by atoms with Crippen LogP contribution >= 0.6 is 0 Å². The first-order valence-corrected chi connectivity index (χ1v) is 6.12. The molecule has 3 saturated carbocycles. The molecule has 0 spiro atoms. The zero-order chi connectivity index (χ0) is 8.89. The van der Waals surface area contributed by atoms with E-state index in [4.69, 9.17) is 5.73 Å². The first-order chi connectivity index (χ1) is 6.33. The number of nitrogens with two attached hydrogens (primary N) is 1. The molecule has 3 fully saturated rings. The van der Waals surface area contributed by atoms with Crippen LogP contribution in [0.25, 0.3) is 0 Å². The second kappa shape index (κ2) is 2.73. The summed E-state index contributed by atoms with van der Waals surface area (Å²) in [6.45, 7) is 0. The van der Waals surface area contributed by atoms with Gasteiger partial charge in [-0.1, -0.05) is 25.7 Å². The van der Waals surface area contributed by atoms with Crippen LogP contribution in [0.3, 0.4) is 0 Å². The smallest absolute Gasteiger partial charge is 0.0246 e. The average Bonchev–Trinajstić information content (AvgIpc) is 2.62. The zero-order valence-electron chi connectivity index (χ0n) is 8.47. The number of rotatable bonds is 1. The van der Waals surface area contributed by atoms with Gasteiger partial charge in [0.25, 0.3) is 0 Å². The summed E-state index contributed by atoms with van der Waals surface area (Å²) < 4.78 is 0. The van der Waals surface area contributed by atoms with E-state index in [-0.39, 0.29) is 0 Å². The second-order valence-electron chi connectivity index (χ2n) is 5.48. The van der Waals surface area contributed by atoms with E-state index in [9.17, 15) is 0 Å². The van der Waals surface area contributed by atoms with E-state index in [0.29, 0.717) is 5.54 Å². The largest absolute Gasteiger partial charge is 0.324 e. The fraction of sp³-hybridized carbons (Fsp3) is 1.00. The molecule has 0 aromatic heterocycles. The number of fused-ring (bicyclic) bond motifs is 1. The molecule has 0 radical (unpaired) electrons. The van der Waals surface area contributed by atoms with Crippen molar-refractivity contribution in [1.82, 2.24) is 0 Å². The van der Waals surface area contributed by atoms with Gasteiger partial charge < -0.3 is 5.73 Å². The van der Waals surface area contributed by atoms with Gasteiger partial charge in [-0.3, -0.25) is 0 Å². The van der Waals surface area contributed by atoms with E-state index in [1.54, 1.807) is 0 Å². The first-order valence-electron chi connectivity index (χ1n) is 6.12. The first kappa shape index (κ1) is 8.28. The van der Waals surface area contributed by atoms with Gasteiger partial charge in [0.15, 0.2) is 0 Å². The van der Waals surface area contributed by atoms with Crippen molar-refractivity contribution in [2.45, 2.75) is 56.9 Å². The lowest BCUT2D eigenvalue weighted by molar-refractivity contribution is 0.370. The topological polar surface area (TPSA) is 26.0 Å². The van der Waals surface area contributed by atoms with E-state index in [2.05, 4.69) is 0 Å². The minimum Gasteiger partial charge on any atom is -0.324 e. The van der Waals surface area contributed by atoms with Gasteiger partial charge in [-0.15, -0.1) is 0 Å². The monoisotopic (exact) mass is 179 g/mol. The Hall–Kier alpha value is -0.0400. The Balaban J connectivity index is 1.75. The van der Waals surface area contributed by atoms with Gasteiger partial charge in [0.05, 0.1) is 0 Å². The molecule has 0 amide bonds. The molecule has 1 heteroatoms. The Labute approximate surface area is 81.1 Å². The minimum absolute atomic E-state index is 0.326. The summed E-state index contributed by atoms with van der Waals surface area (Å²) in [7, 11) is 0. The van der Waals surface area contributed by atoms with Crippen LogP contribution in [0.2, 0.25) is 0 Å². The van der Waals surface area contributed by atoms with Gasteiger partial charge in [0.2, 0.25) is 0 Å². The molecule has 74 valence electrons. The van der Waals surface area contributed by atoms with Crippen molar-refractivity contribution in [3.8, 4) is 0 Å². The highest BCUT2D eigenvalue weighted by molar-refractivity contribution is 5.20. The molecule has 2 N–H and O–H groups in total. The van der Waals surface area contributed by atoms with Gasteiger partial charge in [-0.25, -0.2) is 0 Å². The normalized spacial score (nSPS) is 50.5. The molecular weight excluding hydrogens is 158 g/mol. The van der Waals surface area contributed by atoms with Crippen LogP contribution in [-0.2, 0) is 0 Å². The molecule has 0 aliphatic heterocycles. The maximum atomic E-state index is 6.60. The lowest BCUT2D eigenvalue weighted by Crippen LogP contribution is -2.34. The summed E-state index contributed by atoms with van der Waals surface area (Å²) in [5, 5.41) is 0. The predicted molar refractivity (Wildman–Crippen MR) is 54.3 cm³/mol. The predicted octanol–water partition coefficient (Wildman–Crippen LogP) is 2.69. The van der Waals surface area contributed by atoms with Crippen molar-refractivity contribution in [1.29, 1.82) is 0 Å². The van der Waals surface area contributed by atoms with Gasteiger partial charge in [-0.05, 0) is 43.4 Å². The lowest BCUT2D eigenvalue weighted by Gasteiger charge is -2.19. The molecule has 1 nitrogen and oxygen atoms in total. The van der Waals surface area contributed by atoms with Crippen LogP contribution in [0.1, 0.15) is 51.4 Å². The molecule has 3 aliphatic rings. The summed E-state index contributed by atoms with van der Waals surface area (Å²) in [5.74, 6) is 2.77. The number of hydrogen-bond donors (Lipinski definition) is 1. The molecule has 0 bridgehead atoms. The summed E-state index contributed by atoms with van der Waals surface area (Å²) in [6, 6.07) is 0. The Morgan fingerprint density at radius 3 is 1.77 bits per heavy atom. The Morgan fingerprint density at radius 1 is 0.769 bits per heavy atom. The van der Waals surface area contributed by atoms with Crippen molar-refractivity contribution in [2.24, 2.45) is 23.5 Å². The van der Waals surface area contributed by atoms with E-state index in [1.165, 1.54) is 51.4 Å². The third kappa shape index (κ3) is 1.03.